The molecule has 0 saturated heterocycles. The molecule has 0 heterocycles. The van der Waals surface area contributed by atoms with E-state index in [1.54, 1.807) is 6.92 Å². The summed E-state index contributed by atoms with van der Waals surface area (Å²) >= 11 is 12.3. The number of aliphatic hydroxyl groups is 1. The summed E-state index contributed by atoms with van der Waals surface area (Å²) in [5.41, 5.74) is 2.91. The van der Waals surface area contributed by atoms with E-state index in [1.807, 2.05) is 49.5 Å². The Balaban J connectivity index is 2.26. The number of anilines is 1. The third kappa shape index (κ3) is 3.70. The average Bonchev–Trinajstić information content (AvgIpc) is 2.46. The van der Waals surface area contributed by atoms with Crippen LogP contribution in [-0.4, -0.2) is 12.2 Å². The molecule has 0 spiro atoms. The molecule has 0 aliphatic carbocycles. The molecule has 0 radical (unpaired) electrons. The monoisotopic (exact) mass is 323 g/mol. The number of aliphatic hydroxyl groups excluding tert-OH is 1. The van der Waals surface area contributed by atoms with Crippen LogP contribution in [0.4, 0.5) is 5.69 Å². The van der Waals surface area contributed by atoms with Crippen LogP contribution in [0.3, 0.4) is 0 Å². The van der Waals surface area contributed by atoms with Crippen LogP contribution in [0.15, 0.2) is 42.5 Å². The van der Waals surface area contributed by atoms with Crippen molar-refractivity contribution in [3.05, 3.63) is 63.6 Å². The van der Waals surface area contributed by atoms with Crippen molar-refractivity contribution in [2.24, 2.45) is 0 Å². The molecule has 2 aromatic rings. The van der Waals surface area contributed by atoms with E-state index in [1.165, 1.54) is 0 Å². The van der Waals surface area contributed by atoms with Gasteiger partial charge in [-0.1, -0.05) is 41.4 Å². The van der Waals surface area contributed by atoms with Gasteiger partial charge in [0.25, 0.3) is 0 Å². The molecule has 2 rings (SSSR count). The minimum absolute atomic E-state index is 0.164. The first-order chi connectivity index (χ1) is 9.90. The topological polar surface area (TPSA) is 23.5 Å². The van der Waals surface area contributed by atoms with Gasteiger partial charge in [-0.15, -0.1) is 0 Å². The van der Waals surface area contributed by atoms with E-state index in [0.717, 1.165) is 21.8 Å². The SMILES string of the molecule is CC(O)c1ccc(N(C)C(C)c2ccc(Cl)cc2)c(Cl)c1. The molecule has 0 aromatic heterocycles. The fourth-order valence-electron chi connectivity index (χ4n) is 2.24. The Morgan fingerprint density at radius 3 is 2.05 bits per heavy atom. The largest absolute Gasteiger partial charge is 0.389 e. The van der Waals surface area contributed by atoms with Crippen molar-refractivity contribution in [3.8, 4) is 0 Å². The van der Waals surface area contributed by atoms with Gasteiger partial charge >= 0.3 is 0 Å². The molecular weight excluding hydrogens is 305 g/mol. The minimum atomic E-state index is -0.518. The summed E-state index contributed by atoms with van der Waals surface area (Å²) in [4.78, 5) is 2.11. The first kappa shape index (κ1) is 16.2. The van der Waals surface area contributed by atoms with Gasteiger partial charge in [-0.25, -0.2) is 0 Å². The summed E-state index contributed by atoms with van der Waals surface area (Å²) in [6.07, 6.45) is -0.518. The fourth-order valence-corrected chi connectivity index (χ4v) is 2.69. The van der Waals surface area contributed by atoms with Crippen molar-refractivity contribution in [2.45, 2.75) is 26.0 Å². The Bertz CT molecular complexity index is 611. The van der Waals surface area contributed by atoms with Gasteiger partial charge in [0.05, 0.1) is 22.9 Å². The lowest BCUT2D eigenvalue weighted by Gasteiger charge is -2.28. The summed E-state index contributed by atoms with van der Waals surface area (Å²) < 4.78 is 0. The Morgan fingerprint density at radius 1 is 0.952 bits per heavy atom. The maximum Gasteiger partial charge on any atom is 0.0762 e. The van der Waals surface area contributed by atoms with Crippen molar-refractivity contribution >= 4 is 28.9 Å². The highest BCUT2D eigenvalue weighted by atomic mass is 35.5. The second kappa shape index (κ2) is 6.69. The number of halogens is 2. The summed E-state index contributed by atoms with van der Waals surface area (Å²) in [5, 5.41) is 11.0. The zero-order chi connectivity index (χ0) is 15.6. The van der Waals surface area contributed by atoms with Crippen LogP contribution in [0.2, 0.25) is 10.0 Å². The van der Waals surface area contributed by atoms with Gasteiger partial charge in [-0.3, -0.25) is 0 Å². The molecule has 0 bridgehead atoms. The quantitative estimate of drug-likeness (QED) is 0.831. The molecular formula is C17H19Cl2NO. The van der Waals surface area contributed by atoms with Gasteiger partial charge in [0.15, 0.2) is 0 Å². The Morgan fingerprint density at radius 2 is 1.52 bits per heavy atom. The van der Waals surface area contributed by atoms with E-state index in [2.05, 4.69) is 11.8 Å². The van der Waals surface area contributed by atoms with Crippen molar-refractivity contribution in [3.63, 3.8) is 0 Å². The minimum Gasteiger partial charge on any atom is -0.389 e. The van der Waals surface area contributed by atoms with E-state index < -0.39 is 6.10 Å². The first-order valence-electron chi connectivity index (χ1n) is 6.86. The number of rotatable bonds is 4. The molecule has 0 aliphatic rings. The second-order valence-corrected chi connectivity index (χ2v) is 6.07. The summed E-state index contributed by atoms with van der Waals surface area (Å²) in [6.45, 7) is 3.84. The molecule has 0 saturated carbocycles. The van der Waals surface area contributed by atoms with Gasteiger partial charge in [0.1, 0.15) is 0 Å². The molecule has 0 fully saturated rings. The highest BCUT2D eigenvalue weighted by Gasteiger charge is 2.15. The lowest BCUT2D eigenvalue weighted by atomic mass is 10.1. The Labute approximate surface area is 135 Å². The Hall–Kier alpha value is -1.22. The zero-order valence-electron chi connectivity index (χ0n) is 12.3. The van der Waals surface area contributed by atoms with Crippen molar-refractivity contribution in [1.29, 1.82) is 0 Å². The van der Waals surface area contributed by atoms with Crippen LogP contribution >= 0.6 is 23.2 Å². The predicted molar refractivity (Wildman–Crippen MR) is 90.4 cm³/mol. The normalized spacial score (nSPS) is 13.8. The highest BCUT2D eigenvalue weighted by Crippen LogP contribution is 2.33. The molecule has 0 amide bonds. The highest BCUT2D eigenvalue weighted by molar-refractivity contribution is 6.33. The van der Waals surface area contributed by atoms with Gasteiger partial charge < -0.3 is 10.0 Å². The van der Waals surface area contributed by atoms with Crippen molar-refractivity contribution in [1.82, 2.24) is 0 Å². The van der Waals surface area contributed by atoms with Gasteiger partial charge in [-0.2, -0.15) is 0 Å². The number of benzene rings is 2. The fraction of sp³-hybridized carbons (Fsp3) is 0.294. The smallest absolute Gasteiger partial charge is 0.0762 e. The molecule has 112 valence electrons. The van der Waals surface area contributed by atoms with E-state index >= 15 is 0 Å². The van der Waals surface area contributed by atoms with E-state index in [0.29, 0.717) is 5.02 Å². The van der Waals surface area contributed by atoms with Crippen LogP contribution in [0, 0.1) is 0 Å². The first-order valence-corrected chi connectivity index (χ1v) is 7.61. The van der Waals surface area contributed by atoms with E-state index in [4.69, 9.17) is 23.2 Å². The number of hydrogen-bond acceptors (Lipinski definition) is 2. The van der Waals surface area contributed by atoms with E-state index in [-0.39, 0.29) is 6.04 Å². The number of nitrogens with zero attached hydrogens (tertiary/aromatic N) is 1. The maximum absolute atomic E-state index is 9.61. The van der Waals surface area contributed by atoms with Crippen LogP contribution in [0.5, 0.6) is 0 Å². The molecule has 21 heavy (non-hydrogen) atoms. The molecule has 4 heteroatoms. The molecule has 2 unspecified atom stereocenters. The molecule has 0 aliphatic heterocycles. The van der Waals surface area contributed by atoms with Crippen LogP contribution in [0.25, 0.3) is 0 Å². The molecule has 2 aromatic carbocycles. The lowest BCUT2D eigenvalue weighted by molar-refractivity contribution is 0.199. The van der Waals surface area contributed by atoms with E-state index in [9.17, 15) is 5.11 Å². The maximum atomic E-state index is 9.61. The third-order valence-electron chi connectivity index (χ3n) is 3.77. The molecule has 1 N–H and O–H groups in total. The number of hydrogen-bond donors (Lipinski definition) is 1. The van der Waals surface area contributed by atoms with Gasteiger partial charge in [0.2, 0.25) is 0 Å². The summed E-state index contributed by atoms with van der Waals surface area (Å²) in [5.74, 6) is 0. The molecule has 2 nitrogen and oxygen atoms in total. The van der Waals surface area contributed by atoms with Crippen molar-refractivity contribution < 1.29 is 5.11 Å². The van der Waals surface area contributed by atoms with Crippen molar-refractivity contribution in [2.75, 3.05) is 11.9 Å². The standard InChI is InChI=1S/C17H19Cl2NO/c1-11(13-4-7-15(18)8-5-13)20(3)17-9-6-14(12(2)21)10-16(17)19/h4-12,21H,1-3H3. The lowest BCUT2D eigenvalue weighted by Crippen LogP contribution is -2.22. The van der Waals surface area contributed by atoms with Gasteiger partial charge in [0, 0.05) is 12.1 Å². The van der Waals surface area contributed by atoms with Crippen LogP contribution < -0.4 is 4.90 Å². The second-order valence-electron chi connectivity index (χ2n) is 5.23. The van der Waals surface area contributed by atoms with Crippen LogP contribution in [-0.2, 0) is 0 Å². The predicted octanol–water partition coefficient (Wildman–Crippen LogP) is 5.24. The summed E-state index contributed by atoms with van der Waals surface area (Å²) in [6, 6.07) is 13.6. The third-order valence-corrected chi connectivity index (χ3v) is 4.32. The van der Waals surface area contributed by atoms with Crippen LogP contribution in [0.1, 0.15) is 37.1 Å². The Kier molecular flexibility index (Phi) is 5.15. The molecule has 2 atom stereocenters. The van der Waals surface area contributed by atoms with Gasteiger partial charge in [-0.05, 0) is 49.2 Å². The summed E-state index contributed by atoms with van der Waals surface area (Å²) in [7, 11) is 2.00. The zero-order valence-corrected chi connectivity index (χ0v) is 13.9. The average molecular weight is 324 g/mol.